The van der Waals surface area contributed by atoms with Gasteiger partial charge in [-0.1, -0.05) is 53.6 Å². The maximum absolute atomic E-state index is 12.3. The fourth-order valence-electron chi connectivity index (χ4n) is 2.33. The number of para-hydroxylation sites is 1. The Kier molecular flexibility index (Phi) is 5.31. The zero-order chi connectivity index (χ0) is 17.6. The van der Waals surface area contributed by atoms with E-state index in [0.29, 0.717) is 17.3 Å². The van der Waals surface area contributed by atoms with E-state index in [9.17, 15) is 4.79 Å². The van der Waals surface area contributed by atoms with Crippen molar-refractivity contribution in [1.29, 1.82) is 0 Å². The summed E-state index contributed by atoms with van der Waals surface area (Å²) >= 11 is 6.15. The third-order valence-corrected chi connectivity index (χ3v) is 4.05. The van der Waals surface area contributed by atoms with Gasteiger partial charge in [-0.05, 0) is 36.8 Å². The molecule has 0 aliphatic heterocycles. The van der Waals surface area contributed by atoms with E-state index >= 15 is 0 Å². The molecule has 3 rings (SSSR count). The van der Waals surface area contributed by atoms with E-state index in [4.69, 9.17) is 11.6 Å². The lowest BCUT2D eigenvalue weighted by atomic mass is 10.1. The van der Waals surface area contributed by atoms with Crippen molar-refractivity contribution in [3.8, 4) is 0 Å². The molecule has 0 saturated heterocycles. The second kappa shape index (κ2) is 7.81. The standard InChI is InChI=1S/C20H18ClN3O/c1-14-6-8-15(9-7-14)13-23-20(25)19-12-16(10-11-22-19)24-18-5-3-2-4-17(18)21/h2-12H,13H2,1H3,(H,22,24)(H,23,25). The van der Waals surface area contributed by atoms with Crippen LogP contribution in [0.5, 0.6) is 0 Å². The van der Waals surface area contributed by atoms with Crippen LogP contribution in [0, 0.1) is 6.92 Å². The van der Waals surface area contributed by atoms with Crippen LogP contribution in [0.4, 0.5) is 11.4 Å². The number of nitrogens with zero attached hydrogens (tertiary/aromatic N) is 1. The number of aromatic nitrogens is 1. The van der Waals surface area contributed by atoms with Crippen LogP contribution in [0.3, 0.4) is 0 Å². The monoisotopic (exact) mass is 351 g/mol. The highest BCUT2D eigenvalue weighted by atomic mass is 35.5. The summed E-state index contributed by atoms with van der Waals surface area (Å²) in [4.78, 5) is 16.5. The molecule has 0 spiro atoms. The van der Waals surface area contributed by atoms with Crippen LogP contribution in [0.15, 0.2) is 66.9 Å². The molecule has 0 atom stereocenters. The number of rotatable bonds is 5. The number of benzene rings is 2. The number of hydrogen-bond donors (Lipinski definition) is 2. The second-order valence-electron chi connectivity index (χ2n) is 5.70. The summed E-state index contributed by atoms with van der Waals surface area (Å²) in [6.07, 6.45) is 1.60. The molecule has 3 aromatic rings. The van der Waals surface area contributed by atoms with Gasteiger partial charge in [-0.25, -0.2) is 0 Å². The molecule has 5 heteroatoms. The quantitative estimate of drug-likeness (QED) is 0.699. The molecule has 126 valence electrons. The van der Waals surface area contributed by atoms with E-state index in [1.165, 1.54) is 5.56 Å². The number of hydrogen-bond acceptors (Lipinski definition) is 3. The average Bonchev–Trinajstić information content (AvgIpc) is 2.63. The van der Waals surface area contributed by atoms with E-state index in [0.717, 1.165) is 16.9 Å². The smallest absolute Gasteiger partial charge is 0.270 e. The van der Waals surface area contributed by atoms with Crippen LogP contribution in [0.25, 0.3) is 0 Å². The zero-order valence-electron chi connectivity index (χ0n) is 13.8. The Morgan fingerprint density at radius 1 is 1.08 bits per heavy atom. The minimum absolute atomic E-state index is 0.219. The minimum Gasteiger partial charge on any atom is -0.354 e. The first kappa shape index (κ1) is 17.0. The van der Waals surface area contributed by atoms with Gasteiger partial charge in [0, 0.05) is 18.4 Å². The van der Waals surface area contributed by atoms with Gasteiger partial charge in [0.25, 0.3) is 5.91 Å². The lowest BCUT2D eigenvalue weighted by Gasteiger charge is -2.10. The first-order valence-corrected chi connectivity index (χ1v) is 8.31. The van der Waals surface area contributed by atoms with E-state index < -0.39 is 0 Å². The number of nitrogens with one attached hydrogen (secondary N) is 2. The van der Waals surface area contributed by atoms with Gasteiger partial charge in [0.05, 0.1) is 10.7 Å². The largest absolute Gasteiger partial charge is 0.354 e. The number of aryl methyl sites for hydroxylation is 1. The maximum Gasteiger partial charge on any atom is 0.270 e. The molecule has 4 nitrogen and oxygen atoms in total. The second-order valence-corrected chi connectivity index (χ2v) is 6.11. The van der Waals surface area contributed by atoms with Gasteiger partial charge in [0.15, 0.2) is 0 Å². The van der Waals surface area contributed by atoms with E-state index in [1.807, 2.05) is 49.4 Å². The summed E-state index contributed by atoms with van der Waals surface area (Å²) < 4.78 is 0. The topological polar surface area (TPSA) is 54.0 Å². The SMILES string of the molecule is Cc1ccc(CNC(=O)c2cc(Nc3ccccc3Cl)ccn2)cc1. The molecule has 1 aromatic heterocycles. The lowest BCUT2D eigenvalue weighted by Crippen LogP contribution is -2.23. The van der Waals surface area contributed by atoms with Crippen LogP contribution in [-0.2, 0) is 6.54 Å². The van der Waals surface area contributed by atoms with Gasteiger partial charge < -0.3 is 10.6 Å². The average molecular weight is 352 g/mol. The number of anilines is 2. The van der Waals surface area contributed by atoms with Crippen molar-refractivity contribution in [2.24, 2.45) is 0 Å². The van der Waals surface area contributed by atoms with Crippen molar-refractivity contribution in [1.82, 2.24) is 10.3 Å². The Balaban J connectivity index is 1.67. The van der Waals surface area contributed by atoms with Gasteiger partial charge in [0.1, 0.15) is 5.69 Å². The molecule has 0 saturated carbocycles. The Morgan fingerprint density at radius 2 is 1.84 bits per heavy atom. The van der Waals surface area contributed by atoms with Crippen molar-refractivity contribution >= 4 is 28.9 Å². The summed E-state index contributed by atoms with van der Waals surface area (Å²) in [5, 5.41) is 6.69. The summed E-state index contributed by atoms with van der Waals surface area (Å²) in [7, 11) is 0. The first-order chi connectivity index (χ1) is 12.1. The summed E-state index contributed by atoms with van der Waals surface area (Å²) in [5.74, 6) is -0.219. The van der Waals surface area contributed by atoms with Crippen LogP contribution < -0.4 is 10.6 Å². The Morgan fingerprint density at radius 3 is 2.60 bits per heavy atom. The normalized spacial score (nSPS) is 10.3. The Bertz CT molecular complexity index is 878. The highest BCUT2D eigenvalue weighted by Gasteiger charge is 2.08. The van der Waals surface area contributed by atoms with Crippen LogP contribution in [0.2, 0.25) is 5.02 Å². The molecule has 1 heterocycles. The number of carbonyl (C=O) groups excluding carboxylic acids is 1. The predicted octanol–water partition coefficient (Wildman–Crippen LogP) is 4.72. The zero-order valence-corrected chi connectivity index (χ0v) is 14.5. The van der Waals surface area contributed by atoms with Crippen LogP contribution in [0.1, 0.15) is 21.6 Å². The van der Waals surface area contributed by atoms with Crippen LogP contribution >= 0.6 is 11.6 Å². The van der Waals surface area contributed by atoms with Gasteiger partial charge in [-0.3, -0.25) is 9.78 Å². The molecule has 2 aromatic carbocycles. The first-order valence-electron chi connectivity index (χ1n) is 7.93. The number of pyridine rings is 1. The van der Waals surface area contributed by atoms with Crippen LogP contribution in [-0.4, -0.2) is 10.9 Å². The van der Waals surface area contributed by atoms with Gasteiger partial charge in [-0.15, -0.1) is 0 Å². The van der Waals surface area contributed by atoms with Gasteiger partial charge in [-0.2, -0.15) is 0 Å². The Labute approximate surface area is 151 Å². The number of halogens is 1. The molecule has 0 bridgehead atoms. The minimum atomic E-state index is -0.219. The summed E-state index contributed by atoms with van der Waals surface area (Å²) in [6.45, 7) is 2.49. The van der Waals surface area contributed by atoms with Gasteiger partial charge >= 0.3 is 0 Å². The lowest BCUT2D eigenvalue weighted by molar-refractivity contribution is 0.0946. The van der Waals surface area contributed by atoms with Crippen molar-refractivity contribution in [2.45, 2.75) is 13.5 Å². The van der Waals surface area contributed by atoms with Gasteiger partial charge in [0.2, 0.25) is 0 Å². The predicted molar refractivity (Wildman–Crippen MR) is 101 cm³/mol. The van der Waals surface area contributed by atoms with E-state index in [2.05, 4.69) is 15.6 Å². The molecule has 0 unspecified atom stereocenters. The molecule has 0 fully saturated rings. The van der Waals surface area contributed by atoms with E-state index in [1.54, 1.807) is 24.4 Å². The summed E-state index contributed by atoms with van der Waals surface area (Å²) in [6, 6.07) is 19.0. The molecule has 2 N–H and O–H groups in total. The molecule has 0 aliphatic carbocycles. The third kappa shape index (κ3) is 4.58. The molecule has 0 radical (unpaired) electrons. The Hall–Kier alpha value is -2.85. The van der Waals surface area contributed by atoms with Crippen molar-refractivity contribution < 1.29 is 4.79 Å². The molecule has 1 amide bonds. The molecular weight excluding hydrogens is 334 g/mol. The highest BCUT2D eigenvalue weighted by molar-refractivity contribution is 6.33. The summed E-state index contributed by atoms with van der Waals surface area (Å²) in [5.41, 5.74) is 4.12. The van der Waals surface area contributed by atoms with Crippen molar-refractivity contribution in [3.63, 3.8) is 0 Å². The molecule has 25 heavy (non-hydrogen) atoms. The fourth-order valence-corrected chi connectivity index (χ4v) is 2.51. The number of carbonyl (C=O) groups is 1. The van der Waals surface area contributed by atoms with E-state index in [-0.39, 0.29) is 5.91 Å². The third-order valence-electron chi connectivity index (χ3n) is 3.72. The van der Waals surface area contributed by atoms with Crippen molar-refractivity contribution in [3.05, 3.63) is 88.7 Å². The fraction of sp³-hybridized carbons (Fsp3) is 0.100. The van der Waals surface area contributed by atoms with Crippen molar-refractivity contribution in [2.75, 3.05) is 5.32 Å². The molecular formula is C20H18ClN3O. The number of amides is 1. The molecule has 0 aliphatic rings. The maximum atomic E-state index is 12.3. The highest BCUT2D eigenvalue weighted by Crippen LogP contribution is 2.24.